The molecule has 30 heavy (non-hydrogen) atoms. The number of hydrogen-bond acceptors (Lipinski definition) is 6. The van der Waals surface area contributed by atoms with Gasteiger partial charge < -0.3 is 14.7 Å². The molecule has 0 saturated carbocycles. The minimum atomic E-state index is -3.62. The third-order valence-electron chi connectivity index (χ3n) is 4.76. The van der Waals surface area contributed by atoms with E-state index in [-0.39, 0.29) is 42.4 Å². The van der Waals surface area contributed by atoms with Crippen LogP contribution in [0.5, 0.6) is 5.75 Å². The van der Waals surface area contributed by atoms with Crippen LogP contribution >= 0.6 is 15.9 Å². The van der Waals surface area contributed by atoms with E-state index in [1.807, 2.05) is 6.92 Å². The molecule has 1 fully saturated rings. The highest BCUT2D eigenvalue weighted by atomic mass is 79.9. The van der Waals surface area contributed by atoms with Gasteiger partial charge in [0.1, 0.15) is 11.3 Å². The zero-order valence-corrected chi connectivity index (χ0v) is 18.6. The third kappa shape index (κ3) is 5.00. The van der Waals surface area contributed by atoms with Crippen LogP contribution in [0, 0.1) is 6.92 Å². The highest BCUT2D eigenvalue weighted by molar-refractivity contribution is 9.10. The van der Waals surface area contributed by atoms with E-state index in [1.165, 1.54) is 21.3 Å². The SMILES string of the molecule is Cc1ccc(S(=O)(=O)N2CCN(C(=O)COC(=O)c3cc(Br)ccc3O)CC2)cc1. The fourth-order valence-corrected chi connectivity index (χ4v) is 4.79. The zero-order valence-electron chi connectivity index (χ0n) is 16.2. The Morgan fingerprint density at radius 3 is 2.33 bits per heavy atom. The number of sulfonamides is 1. The summed E-state index contributed by atoms with van der Waals surface area (Å²) >= 11 is 3.20. The highest BCUT2D eigenvalue weighted by Crippen LogP contribution is 2.23. The van der Waals surface area contributed by atoms with Gasteiger partial charge in [-0.1, -0.05) is 33.6 Å². The van der Waals surface area contributed by atoms with Gasteiger partial charge in [-0.25, -0.2) is 13.2 Å². The minimum absolute atomic E-state index is 0.0498. The summed E-state index contributed by atoms with van der Waals surface area (Å²) < 4.78 is 32.4. The largest absolute Gasteiger partial charge is 0.507 e. The van der Waals surface area contributed by atoms with Gasteiger partial charge in [-0.2, -0.15) is 4.31 Å². The average molecular weight is 497 g/mol. The van der Waals surface area contributed by atoms with Crippen LogP contribution in [-0.4, -0.2) is 67.4 Å². The Morgan fingerprint density at radius 2 is 1.70 bits per heavy atom. The smallest absolute Gasteiger partial charge is 0.342 e. The number of hydrogen-bond donors (Lipinski definition) is 1. The third-order valence-corrected chi connectivity index (χ3v) is 7.16. The van der Waals surface area contributed by atoms with Crippen LogP contribution in [0.1, 0.15) is 15.9 Å². The number of phenolic OH excluding ortho intramolecular Hbond substituents is 1. The Kier molecular flexibility index (Phi) is 6.79. The number of aromatic hydroxyl groups is 1. The van der Waals surface area contributed by atoms with Gasteiger partial charge in [0.05, 0.1) is 4.90 Å². The molecule has 0 aromatic heterocycles. The van der Waals surface area contributed by atoms with Crippen molar-refractivity contribution in [1.82, 2.24) is 9.21 Å². The van der Waals surface area contributed by atoms with Crippen molar-refractivity contribution in [1.29, 1.82) is 0 Å². The molecule has 2 aromatic rings. The summed E-state index contributed by atoms with van der Waals surface area (Å²) in [7, 11) is -3.62. The van der Waals surface area contributed by atoms with Crippen LogP contribution in [0.25, 0.3) is 0 Å². The lowest BCUT2D eigenvalue weighted by Crippen LogP contribution is -2.51. The molecule has 0 spiro atoms. The number of nitrogens with zero attached hydrogens (tertiary/aromatic N) is 2. The first-order chi connectivity index (χ1) is 14.2. The average Bonchev–Trinajstić information content (AvgIpc) is 2.74. The number of ether oxygens (including phenoxy) is 1. The molecular formula is C20H21BrN2O6S. The molecule has 0 radical (unpaired) electrons. The van der Waals surface area contributed by atoms with Crippen LogP contribution in [0.15, 0.2) is 51.8 Å². The lowest BCUT2D eigenvalue weighted by atomic mass is 10.2. The Bertz CT molecular complexity index is 1050. The molecule has 8 nitrogen and oxygen atoms in total. The van der Waals surface area contributed by atoms with Gasteiger partial charge in [0.2, 0.25) is 10.0 Å². The van der Waals surface area contributed by atoms with Crippen molar-refractivity contribution in [2.24, 2.45) is 0 Å². The maximum absolute atomic E-state index is 12.7. The molecule has 2 aromatic carbocycles. The van der Waals surface area contributed by atoms with Gasteiger partial charge in [-0.15, -0.1) is 0 Å². The van der Waals surface area contributed by atoms with E-state index in [0.717, 1.165) is 5.56 Å². The Morgan fingerprint density at radius 1 is 1.07 bits per heavy atom. The van der Waals surface area contributed by atoms with E-state index in [0.29, 0.717) is 4.47 Å². The fraction of sp³-hybridized carbons (Fsp3) is 0.300. The maximum Gasteiger partial charge on any atom is 0.342 e. The van der Waals surface area contributed by atoms with Gasteiger partial charge in [0, 0.05) is 30.7 Å². The minimum Gasteiger partial charge on any atom is -0.507 e. The summed E-state index contributed by atoms with van der Waals surface area (Å²) in [6, 6.07) is 10.9. The van der Waals surface area contributed by atoms with E-state index < -0.39 is 28.5 Å². The molecule has 3 rings (SSSR count). The molecule has 0 atom stereocenters. The molecule has 160 valence electrons. The van der Waals surface area contributed by atoms with Gasteiger partial charge in [-0.3, -0.25) is 4.79 Å². The number of carbonyl (C=O) groups excluding carboxylic acids is 2. The molecule has 0 bridgehead atoms. The summed E-state index contributed by atoms with van der Waals surface area (Å²) in [5, 5.41) is 9.75. The van der Waals surface area contributed by atoms with Crippen molar-refractivity contribution in [2.45, 2.75) is 11.8 Å². The van der Waals surface area contributed by atoms with Crippen LogP contribution in [0.2, 0.25) is 0 Å². The van der Waals surface area contributed by atoms with Crippen molar-refractivity contribution >= 4 is 37.8 Å². The van der Waals surface area contributed by atoms with E-state index in [4.69, 9.17) is 4.74 Å². The van der Waals surface area contributed by atoms with Crippen molar-refractivity contribution in [3.05, 3.63) is 58.1 Å². The molecule has 1 aliphatic rings. The van der Waals surface area contributed by atoms with Crippen molar-refractivity contribution in [3.63, 3.8) is 0 Å². The molecule has 1 N–H and O–H groups in total. The lowest BCUT2D eigenvalue weighted by Gasteiger charge is -2.33. The molecule has 0 unspecified atom stereocenters. The first-order valence-electron chi connectivity index (χ1n) is 9.19. The Labute approximate surface area is 183 Å². The predicted octanol–water partition coefficient (Wildman–Crippen LogP) is 2.15. The number of piperazine rings is 1. The van der Waals surface area contributed by atoms with Crippen molar-refractivity contribution < 1.29 is 27.9 Å². The number of amides is 1. The predicted molar refractivity (Wildman–Crippen MR) is 113 cm³/mol. The summed E-state index contributed by atoms with van der Waals surface area (Å²) in [6.45, 7) is 2.10. The first kappa shape index (κ1) is 22.3. The second kappa shape index (κ2) is 9.15. The number of aryl methyl sites for hydroxylation is 1. The van der Waals surface area contributed by atoms with Gasteiger partial charge in [0.15, 0.2) is 6.61 Å². The summed E-state index contributed by atoms with van der Waals surface area (Å²) in [5.41, 5.74) is 0.918. The fourth-order valence-electron chi connectivity index (χ4n) is 3.01. The number of carbonyl (C=O) groups is 2. The lowest BCUT2D eigenvalue weighted by molar-refractivity contribution is -0.135. The van der Waals surface area contributed by atoms with Crippen LogP contribution in [-0.2, 0) is 19.6 Å². The van der Waals surface area contributed by atoms with Crippen LogP contribution < -0.4 is 0 Å². The second-order valence-electron chi connectivity index (χ2n) is 6.84. The molecule has 1 aliphatic heterocycles. The van der Waals surface area contributed by atoms with Gasteiger partial charge >= 0.3 is 5.97 Å². The summed E-state index contributed by atoms with van der Waals surface area (Å²) in [5.74, 6) is -1.49. The maximum atomic E-state index is 12.7. The number of esters is 1. The molecule has 1 amide bonds. The Hall–Kier alpha value is -2.43. The van der Waals surface area contributed by atoms with Crippen molar-refractivity contribution in [3.8, 4) is 5.75 Å². The quantitative estimate of drug-likeness (QED) is 0.635. The molecule has 10 heteroatoms. The van der Waals surface area contributed by atoms with E-state index in [9.17, 15) is 23.1 Å². The summed E-state index contributed by atoms with van der Waals surface area (Å²) in [6.07, 6.45) is 0. The van der Waals surface area contributed by atoms with E-state index >= 15 is 0 Å². The normalized spacial score (nSPS) is 15.1. The topological polar surface area (TPSA) is 104 Å². The van der Waals surface area contributed by atoms with Crippen LogP contribution in [0.4, 0.5) is 0 Å². The zero-order chi connectivity index (χ0) is 21.9. The highest BCUT2D eigenvalue weighted by Gasteiger charge is 2.30. The first-order valence-corrected chi connectivity index (χ1v) is 11.4. The van der Waals surface area contributed by atoms with Gasteiger partial charge in [-0.05, 0) is 37.3 Å². The molecule has 0 aliphatic carbocycles. The molecule has 1 heterocycles. The van der Waals surface area contributed by atoms with Crippen LogP contribution in [0.3, 0.4) is 0 Å². The standard InChI is InChI=1S/C20H21BrN2O6S/c1-14-2-5-16(6-3-14)30(27,28)23-10-8-22(9-11-23)19(25)13-29-20(26)17-12-15(21)4-7-18(17)24/h2-7,12,24H,8-11,13H2,1H3. The number of phenols is 1. The molecular weight excluding hydrogens is 476 g/mol. The number of benzene rings is 2. The van der Waals surface area contributed by atoms with Gasteiger partial charge in [0.25, 0.3) is 5.91 Å². The number of rotatable bonds is 5. The summed E-state index contributed by atoms with van der Waals surface area (Å²) in [4.78, 5) is 26.1. The second-order valence-corrected chi connectivity index (χ2v) is 9.69. The van der Waals surface area contributed by atoms with E-state index in [1.54, 1.807) is 30.3 Å². The Balaban J connectivity index is 1.54. The monoisotopic (exact) mass is 496 g/mol. The molecule has 1 saturated heterocycles. The van der Waals surface area contributed by atoms with E-state index in [2.05, 4.69) is 15.9 Å². The van der Waals surface area contributed by atoms with Crippen molar-refractivity contribution in [2.75, 3.05) is 32.8 Å². The number of halogens is 1.